The number of halogens is 1. The van der Waals surface area contributed by atoms with Crippen molar-refractivity contribution < 1.29 is 24.2 Å². The Hall–Kier alpha value is -1.31. The second-order valence-electron chi connectivity index (χ2n) is 6.06. The van der Waals surface area contributed by atoms with Gasteiger partial charge in [0.25, 0.3) is 0 Å². The molecular weight excluding hydrogens is 344 g/mol. The first-order valence-corrected chi connectivity index (χ1v) is 7.80. The van der Waals surface area contributed by atoms with Gasteiger partial charge in [0, 0.05) is 18.3 Å². The van der Waals surface area contributed by atoms with Gasteiger partial charge in [-0.1, -0.05) is 15.9 Å². The van der Waals surface area contributed by atoms with E-state index in [9.17, 15) is 19.5 Å². The number of rotatable bonds is 5. The lowest BCUT2D eigenvalue weighted by atomic mass is 10.2. The predicted octanol–water partition coefficient (Wildman–Crippen LogP) is 1.21. The van der Waals surface area contributed by atoms with E-state index in [0.717, 1.165) is 0 Å². The number of alkyl halides is 1. The fourth-order valence-electron chi connectivity index (χ4n) is 1.99. The van der Waals surface area contributed by atoms with E-state index in [4.69, 9.17) is 4.74 Å². The fraction of sp³-hybridized carbons (Fsp3) is 0.769. The van der Waals surface area contributed by atoms with Crippen LogP contribution < -0.4 is 5.32 Å². The molecule has 0 aromatic carbocycles. The standard InChI is InChI=1S/C13H21BrN2O5/c1-13(2,3)21-12(20)15-9(11(18)19)7-16-6-8(5-14)4-10(16)17/h8-9H,4-7H2,1-3H3,(H,15,20)(H,18,19). The van der Waals surface area contributed by atoms with Crippen LogP contribution in [-0.2, 0) is 14.3 Å². The summed E-state index contributed by atoms with van der Waals surface area (Å²) in [7, 11) is 0. The number of hydrogen-bond donors (Lipinski definition) is 2. The smallest absolute Gasteiger partial charge is 0.408 e. The molecule has 2 unspecified atom stereocenters. The van der Waals surface area contributed by atoms with Gasteiger partial charge < -0.3 is 20.1 Å². The van der Waals surface area contributed by atoms with Crippen molar-refractivity contribution in [3.8, 4) is 0 Å². The molecule has 0 radical (unpaired) electrons. The van der Waals surface area contributed by atoms with Crippen molar-refractivity contribution in [2.24, 2.45) is 5.92 Å². The average molecular weight is 365 g/mol. The molecule has 0 spiro atoms. The average Bonchev–Trinajstić information content (AvgIpc) is 2.66. The van der Waals surface area contributed by atoms with Crippen molar-refractivity contribution >= 4 is 33.9 Å². The lowest BCUT2D eigenvalue weighted by Crippen LogP contribution is -2.50. The van der Waals surface area contributed by atoms with Crippen LogP contribution in [0.15, 0.2) is 0 Å². The number of ether oxygens (including phenoxy) is 1. The summed E-state index contributed by atoms with van der Waals surface area (Å²) in [6.45, 7) is 5.49. The van der Waals surface area contributed by atoms with E-state index in [2.05, 4.69) is 21.2 Å². The van der Waals surface area contributed by atoms with Gasteiger partial charge in [0.15, 0.2) is 0 Å². The van der Waals surface area contributed by atoms with E-state index < -0.39 is 23.7 Å². The molecular formula is C13H21BrN2O5. The minimum atomic E-state index is -1.20. The Bertz CT molecular complexity index is 421. The summed E-state index contributed by atoms with van der Waals surface area (Å²) in [6.07, 6.45) is -0.414. The van der Waals surface area contributed by atoms with Crippen LogP contribution in [0.3, 0.4) is 0 Å². The lowest BCUT2D eigenvalue weighted by Gasteiger charge is -2.24. The van der Waals surface area contributed by atoms with Crippen LogP contribution in [0.4, 0.5) is 4.79 Å². The van der Waals surface area contributed by atoms with Crippen LogP contribution in [0, 0.1) is 5.92 Å². The molecule has 2 N–H and O–H groups in total. The summed E-state index contributed by atoms with van der Waals surface area (Å²) in [5.74, 6) is -1.12. The number of hydrogen-bond acceptors (Lipinski definition) is 4. The van der Waals surface area contributed by atoms with Gasteiger partial charge in [-0.2, -0.15) is 0 Å². The van der Waals surface area contributed by atoms with Gasteiger partial charge in [-0.05, 0) is 26.7 Å². The molecule has 1 heterocycles. The monoisotopic (exact) mass is 364 g/mol. The summed E-state index contributed by atoms with van der Waals surface area (Å²) >= 11 is 3.31. The first kappa shape index (κ1) is 17.7. The molecule has 1 saturated heterocycles. The molecule has 0 aromatic heterocycles. The first-order valence-electron chi connectivity index (χ1n) is 6.68. The Morgan fingerprint density at radius 3 is 2.57 bits per heavy atom. The zero-order valence-electron chi connectivity index (χ0n) is 12.4. The summed E-state index contributed by atoms with van der Waals surface area (Å²) in [6, 6.07) is -1.18. The largest absolute Gasteiger partial charge is 0.480 e. The quantitative estimate of drug-likeness (QED) is 0.714. The molecule has 0 aliphatic carbocycles. The van der Waals surface area contributed by atoms with Crippen molar-refractivity contribution in [1.82, 2.24) is 10.2 Å². The molecule has 8 heteroatoms. The maximum absolute atomic E-state index is 11.8. The predicted molar refractivity (Wildman–Crippen MR) is 79.3 cm³/mol. The van der Waals surface area contributed by atoms with E-state index in [-0.39, 0.29) is 18.4 Å². The number of alkyl carbamates (subject to hydrolysis) is 1. The van der Waals surface area contributed by atoms with Crippen molar-refractivity contribution in [3.63, 3.8) is 0 Å². The number of carbonyl (C=O) groups excluding carboxylic acids is 2. The van der Waals surface area contributed by atoms with Crippen LogP contribution in [0.1, 0.15) is 27.2 Å². The third-order valence-electron chi connectivity index (χ3n) is 2.90. The van der Waals surface area contributed by atoms with Gasteiger partial charge >= 0.3 is 12.1 Å². The number of carboxylic acids is 1. The zero-order chi connectivity index (χ0) is 16.2. The van der Waals surface area contributed by atoms with Gasteiger partial charge in [0.1, 0.15) is 11.6 Å². The van der Waals surface area contributed by atoms with Crippen molar-refractivity contribution in [2.75, 3.05) is 18.4 Å². The molecule has 2 amide bonds. The van der Waals surface area contributed by atoms with Gasteiger partial charge in [0.2, 0.25) is 5.91 Å². The maximum atomic E-state index is 11.8. The molecule has 1 rings (SSSR count). The topological polar surface area (TPSA) is 95.9 Å². The van der Waals surface area contributed by atoms with Gasteiger partial charge in [0.05, 0.1) is 6.54 Å². The zero-order valence-corrected chi connectivity index (χ0v) is 14.0. The van der Waals surface area contributed by atoms with E-state index in [1.807, 2.05) is 0 Å². The molecule has 1 aliphatic rings. The molecule has 120 valence electrons. The second-order valence-corrected chi connectivity index (χ2v) is 6.71. The normalized spacial score (nSPS) is 20.3. The second kappa shape index (κ2) is 7.11. The minimum Gasteiger partial charge on any atom is -0.480 e. The van der Waals surface area contributed by atoms with Crippen molar-refractivity contribution in [3.05, 3.63) is 0 Å². The Kier molecular flexibility index (Phi) is 6.00. The SMILES string of the molecule is CC(C)(C)OC(=O)NC(CN1CC(CBr)CC1=O)C(=O)O. The van der Waals surface area contributed by atoms with Crippen LogP contribution in [-0.4, -0.2) is 58.0 Å². The molecule has 1 fully saturated rings. The Morgan fingerprint density at radius 1 is 1.52 bits per heavy atom. The third-order valence-corrected chi connectivity index (χ3v) is 3.82. The number of carboxylic acid groups (broad SMARTS) is 1. The summed E-state index contributed by atoms with van der Waals surface area (Å²) in [5.41, 5.74) is -0.711. The Morgan fingerprint density at radius 2 is 2.14 bits per heavy atom. The van der Waals surface area contributed by atoms with E-state index in [0.29, 0.717) is 18.3 Å². The van der Waals surface area contributed by atoms with Gasteiger partial charge in [-0.15, -0.1) is 0 Å². The van der Waals surface area contributed by atoms with Gasteiger partial charge in [-0.25, -0.2) is 9.59 Å². The van der Waals surface area contributed by atoms with Crippen LogP contribution in [0.25, 0.3) is 0 Å². The lowest BCUT2D eigenvalue weighted by molar-refractivity contribution is -0.140. The highest BCUT2D eigenvalue weighted by atomic mass is 79.9. The van der Waals surface area contributed by atoms with E-state index >= 15 is 0 Å². The Labute approximate surface area is 132 Å². The highest BCUT2D eigenvalue weighted by Gasteiger charge is 2.33. The van der Waals surface area contributed by atoms with Crippen LogP contribution >= 0.6 is 15.9 Å². The number of nitrogens with zero attached hydrogens (tertiary/aromatic N) is 1. The van der Waals surface area contributed by atoms with Crippen LogP contribution in [0.5, 0.6) is 0 Å². The summed E-state index contributed by atoms with van der Waals surface area (Å²) < 4.78 is 5.03. The first-order chi connectivity index (χ1) is 9.62. The van der Waals surface area contributed by atoms with E-state index in [1.165, 1.54) is 4.90 Å². The summed E-state index contributed by atoms with van der Waals surface area (Å²) in [5, 5.41) is 12.1. The number of carbonyl (C=O) groups is 3. The highest BCUT2D eigenvalue weighted by Crippen LogP contribution is 2.19. The molecule has 7 nitrogen and oxygen atoms in total. The highest BCUT2D eigenvalue weighted by molar-refractivity contribution is 9.09. The van der Waals surface area contributed by atoms with Gasteiger partial charge in [-0.3, -0.25) is 4.79 Å². The molecule has 0 bridgehead atoms. The minimum absolute atomic E-state index is 0.0586. The van der Waals surface area contributed by atoms with Crippen molar-refractivity contribution in [1.29, 1.82) is 0 Å². The molecule has 21 heavy (non-hydrogen) atoms. The fourth-order valence-corrected chi connectivity index (χ4v) is 2.42. The third kappa shape index (κ3) is 5.91. The molecule has 2 atom stereocenters. The van der Waals surface area contributed by atoms with E-state index in [1.54, 1.807) is 20.8 Å². The molecule has 0 saturated carbocycles. The number of amides is 2. The number of aliphatic carboxylic acids is 1. The summed E-state index contributed by atoms with van der Waals surface area (Å²) in [4.78, 5) is 36.1. The van der Waals surface area contributed by atoms with Crippen molar-refractivity contribution in [2.45, 2.75) is 38.8 Å². The molecule has 0 aromatic rings. The number of likely N-dealkylation sites (tertiary alicyclic amines) is 1. The Balaban J connectivity index is 2.60. The van der Waals surface area contributed by atoms with Crippen LogP contribution in [0.2, 0.25) is 0 Å². The maximum Gasteiger partial charge on any atom is 0.408 e. The number of nitrogens with one attached hydrogen (secondary N) is 1. The molecule has 1 aliphatic heterocycles.